The molecule has 0 aliphatic rings. The molecule has 66 valence electrons. The third-order valence-electron chi connectivity index (χ3n) is 1.25. The molecule has 1 aromatic rings. The highest BCUT2D eigenvalue weighted by atomic mass is 35.5. The second-order valence-electron chi connectivity index (χ2n) is 3.74. The van der Waals surface area contributed by atoms with Crippen LogP contribution in [0.15, 0.2) is 18.3 Å². The number of halogens is 1. The van der Waals surface area contributed by atoms with Crippen molar-refractivity contribution in [3.8, 4) is 0 Å². The zero-order chi connectivity index (χ0) is 9.19. The summed E-state index contributed by atoms with van der Waals surface area (Å²) < 4.78 is 0. The highest BCUT2D eigenvalue weighted by Crippen LogP contribution is 2.13. The van der Waals surface area contributed by atoms with Crippen LogP contribution in [0.2, 0.25) is 24.8 Å². The SMILES string of the molecule is C[Si](C)(C)Nc1ccc(Cl)nc1. The minimum absolute atomic E-state index is 0.538. The Morgan fingerprint density at radius 3 is 2.42 bits per heavy atom. The fraction of sp³-hybridized carbons (Fsp3) is 0.375. The Hall–Kier alpha value is -0.543. The van der Waals surface area contributed by atoms with Crippen LogP contribution in [0.5, 0.6) is 0 Å². The normalized spacial score (nSPS) is 11.3. The third-order valence-corrected chi connectivity index (χ3v) is 2.51. The molecule has 1 N–H and O–H groups in total. The van der Waals surface area contributed by atoms with Crippen molar-refractivity contribution in [1.29, 1.82) is 0 Å². The van der Waals surface area contributed by atoms with Crippen molar-refractivity contribution in [1.82, 2.24) is 4.98 Å². The minimum Gasteiger partial charge on any atom is -0.410 e. The molecule has 1 rings (SSSR count). The van der Waals surface area contributed by atoms with Gasteiger partial charge in [-0.3, -0.25) is 0 Å². The van der Waals surface area contributed by atoms with Crippen molar-refractivity contribution < 1.29 is 0 Å². The van der Waals surface area contributed by atoms with E-state index in [9.17, 15) is 0 Å². The molecule has 2 nitrogen and oxygen atoms in total. The van der Waals surface area contributed by atoms with Gasteiger partial charge in [-0.25, -0.2) is 4.98 Å². The molecule has 1 heterocycles. The molecule has 0 fully saturated rings. The van der Waals surface area contributed by atoms with E-state index in [1.165, 1.54) is 0 Å². The first-order chi connectivity index (χ1) is 5.47. The second kappa shape index (κ2) is 3.45. The summed E-state index contributed by atoms with van der Waals surface area (Å²) in [6, 6.07) is 3.75. The van der Waals surface area contributed by atoms with E-state index in [-0.39, 0.29) is 0 Å². The van der Waals surface area contributed by atoms with Gasteiger partial charge in [-0.05, 0) is 12.1 Å². The molecule has 0 spiro atoms. The molecule has 0 bridgehead atoms. The van der Waals surface area contributed by atoms with Gasteiger partial charge in [0.15, 0.2) is 0 Å². The number of aromatic nitrogens is 1. The number of rotatable bonds is 2. The second-order valence-corrected chi connectivity index (χ2v) is 8.88. The van der Waals surface area contributed by atoms with Crippen LogP contribution in [0, 0.1) is 0 Å². The lowest BCUT2D eigenvalue weighted by molar-refractivity contribution is 1.32. The van der Waals surface area contributed by atoms with E-state index >= 15 is 0 Å². The molecular weight excluding hydrogens is 188 g/mol. The summed E-state index contributed by atoms with van der Waals surface area (Å²) in [5.74, 6) is 0. The molecule has 0 saturated heterocycles. The van der Waals surface area contributed by atoms with Crippen molar-refractivity contribution in [2.75, 3.05) is 4.98 Å². The lowest BCUT2D eigenvalue weighted by Crippen LogP contribution is -2.32. The minimum atomic E-state index is -1.25. The van der Waals surface area contributed by atoms with Crippen LogP contribution in [0.1, 0.15) is 0 Å². The molecule has 1 aromatic heterocycles. The van der Waals surface area contributed by atoms with Gasteiger partial charge in [-0.15, -0.1) is 0 Å². The van der Waals surface area contributed by atoms with Crippen molar-refractivity contribution in [3.63, 3.8) is 0 Å². The van der Waals surface area contributed by atoms with E-state index < -0.39 is 8.24 Å². The average molecular weight is 201 g/mol. The highest BCUT2D eigenvalue weighted by Gasteiger charge is 2.12. The third kappa shape index (κ3) is 3.24. The highest BCUT2D eigenvalue weighted by molar-refractivity contribution is 6.79. The zero-order valence-electron chi connectivity index (χ0n) is 7.56. The summed E-state index contributed by atoms with van der Waals surface area (Å²) in [4.78, 5) is 7.41. The Morgan fingerprint density at radius 1 is 1.33 bits per heavy atom. The zero-order valence-corrected chi connectivity index (χ0v) is 9.31. The fourth-order valence-electron chi connectivity index (χ4n) is 0.883. The van der Waals surface area contributed by atoms with E-state index in [0.717, 1.165) is 5.69 Å². The van der Waals surface area contributed by atoms with Gasteiger partial charge >= 0.3 is 0 Å². The average Bonchev–Trinajstić information content (AvgIpc) is 1.91. The topological polar surface area (TPSA) is 24.9 Å². The number of hydrogen-bond acceptors (Lipinski definition) is 2. The van der Waals surface area contributed by atoms with Crippen molar-refractivity contribution >= 4 is 25.5 Å². The Morgan fingerprint density at radius 2 is 2.00 bits per heavy atom. The summed E-state index contributed by atoms with van der Waals surface area (Å²) in [6.45, 7) is 6.71. The van der Waals surface area contributed by atoms with Gasteiger partial charge in [-0.2, -0.15) is 0 Å². The predicted molar refractivity (Wildman–Crippen MR) is 56.2 cm³/mol. The number of hydrogen-bond donors (Lipinski definition) is 1. The van der Waals surface area contributed by atoms with Gasteiger partial charge in [-0.1, -0.05) is 31.2 Å². The molecule has 0 radical (unpaired) electrons. The number of nitrogens with zero attached hydrogens (tertiary/aromatic N) is 1. The molecule has 0 aliphatic carbocycles. The maximum Gasteiger partial charge on any atom is 0.144 e. The largest absolute Gasteiger partial charge is 0.410 e. The molecular formula is C8H13ClN2Si. The number of nitrogens with one attached hydrogen (secondary N) is 1. The van der Waals surface area contributed by atoms with Crippen molar-refractivity contribution in [2.45, 2.75) is 19.6 Å². The molecule has 0 saturated carbocycles. The molecule has 4 heteroatoms. The van der Waals surface area contributed by atoms with Crippen LogP contribution in [-0.4, -0.2) is 13.2 Å². The van der Waals surface area contributed by atoms with Gasteiger partial charge in [0.1, 0.15) is 13.4 Å². The van der Waals surface area contributed by atoms with E-state index in [0.29, 0.717) is 5.15 Å². The van der Waals surface area contributed by atoms with Crippen LogP contribution >= 0.6 is 11.6 Å². The Bertz CT molecular complexity index is 253. The quantitative estimate of drug-likeness (QED) is 0.587. The van der Waals surface area contributed by atoms with Gasteiger partial charge in [0.2, 0.25) is 0 Å². The summed E-state index contributed by atoms with van der Waals surface area (Å²) in [7, 11) is -1.25. The predicted octanol–water partition coefficient (Wildman–Crippen LogP) is 2.98. The molecule has 12 heavy (non-hydrogen) atoms. The molecule has 0 amide bonds. The van der Waals surface area contributed by atoms with Crippen LogP contribution in [0.3, 0.4) is 0 Å². The summed E-state index contributed by atoms with van der Waals surface area (Å²) in [5.41, 5.74) is 1.05. The van der Waals surface area contributed by atoms with Crippen molar-refractivity contribution in [3.05, 3.63) is 23.5 Å². The Labute approximate surface area is 79.1 Å². The lowest BCUT2D eigenvalue weighted by Gasteiger charge is -2.18. The number of anilines is 1. The number of pyridine rings is 1. The first kappa shape index (κ1) is 9.54. The lowest BCUT2D eigenvalue weighted by atomic mass is 10.4. The van der Waals surface area contributed by atoms with Gasteiger partial charge in [0.05, 0.1) is 6.20 Å². The maximum atomic E-state index is 5.66. The van der Waals surface area contributed by atoms with Crippen LogP contribution in [-0.2, 0) is 0 Å². The Kier molecular flexibility index (Phi) is 2.75. The maximum absolute atomic E-state index is 5.66. The monoisotopic (exact) mass is 200 g/mol. The summed E-state index contributed by atoms with van der Waals surface area (Å²) >= 11 is 5.66. The smallest absolute Gasteiger partial charge is 0.144 e. The molecule has 0 aromatic carbocycles. The molecule has 0 aliphatic heterocycles. The first-order valence-corrected chi connectivity index (χ1v) is 7.75. The van der Waals surface area contributed by atoms with E-state index in [4.69, 9.17) is 11.6 Å². The standard InChI is InChI=1S/C8H13ClN2Si/c1-12(2,3)11-7-4-5-8(9)10-6-7/h4-6,11H,1-3H3. The van der Waals surface area contributed by atoms with Crippen molar-refractivity contribution in [2.24, 2.45) is 0 Å². The van der Waals surface area contributed by atoms with E-state index in [1.54, 1.807) is 12.3 Å². The van der Waals surface area contributed by atoms with Gasteiger partial charge in [0.25, 0.3) is 0 Å². The Balaban J connectivity index is 2.71. The summed E-state index contributed by atoms with van der Waals surface area (Å²) in [6.07, 6.45) is 1.76. The summed E-state index contributed by atoms with van der Waals surface area (Å²) in [5, 5.41) is 0.538. The van der Waals surface area contributed by atoms with Crippen LogP contribution in [0.25, 0.3) is 0 Å². The van der Waals surface area contributed by atoms with Crippen LogP contribution in [0.4, 0.5) is 5.69 Å². The molecule has 0 unspecified atom stereocenters. The first-order valence-electron chi connectivity index (χ1n) is 3.87. The van der Waals surface area contributed by atoms with E-state index in [2.05, 4.69) is 29.6 Å². The van der Waals surface area contributed by atoms with Gasteiger partial charge < -0.3 is 4.98 Å². The molecule has 0 atom stereocenters. The fourth-order valence-corrected chi connectivity index (χ4v) is 2.01. The van der Waals surface area contributed by atoms with E-state index in [1.807, 2.05) is 6.07 Å². The van der Waals surface area contributed by atoms with Gasteiger partial charge in [0, 0.05) is 5.69 Å². The van der Waals surface area contributed by atoms with Crippen LogP contribution < -0.4 is 4.98 Å².